The lowest BCUT2D eigenvalue weighted by atomic mass is 9.81. The molecule has 6 heteroatoms. The summed E-state index contributed by atoms with van der Waals surface area (Å²) in [5, 5.41) is 6.07. The van der Waals surface area contributed by atoms with Crippen molar-refractivity contribution in [1.29, 1.82) is 0 Å². The Morgan fingerprint density at radius 1 is 1.37 bits per heavy atom. The van der Waals surface area contributed by atoms with Crippen LogP contribution in [-0.4, -0.2) is 32.3 Å². The number of rotatable bonds is 4. The number of hydrogen-bond donors (Lipinski definition) is 2. The maximum absolute atomic E-state index is 12.7. The lowest BCUT2D eigenvalue weighted by Gasteiger charge is -2.30. The zero-order valence-electron chi connectivity index (χ0n) is 11.3. The van der Waals surface area contributed by atoms with Crippen molar-refractivity contribution >= 4 is 5.96 Å². The lowest BCUT2D eigenvalue weighted by Crippen LogP contribution is -2.41. The summed E-state index contributed by atoms with van der Waals surface area (Å²) >= 11 is 0. The Balaban J connectivity index is 2.38. The minimum Gasteiger partial charge on any atom is -0.356 e. The molecule has 2 atom stereocenters. The van der Waals surface area contributed by atoms with Gasteiger partial charge in [-0.1, -0.05) is 12.5 Å². The summed E-state index contributed by atoms with van der Waals surface area (Å²) in [5.41, 5.74) is 0. The van der Waals surface area contributed by atoms with Crippen LogP contribution in [0.15, 0.2) is 17.6 Å². The summed E-state index contributed by atoms with van der Waals surface area (Å²) in [7, 11) is 1.64. The molecule has 3 nitrogen and oxygen atoms in total. The largest absolute Gasteiger partial charge is 0.391 e. The van der Waals surface area contributed by atoms with Crippen LogP contribution in [0.2, 0.25) is 0 Å². The number of halogens is 3. The quantitative estimate of drug-likeness (QED) is 0.471. The van der Waals surface area contributed by atoms with E-state index in [1.807, 2.05) is 0 Å². The van der Waals surface area contributed by atoms with Crippen molar-refractivity contribution in [3.05, 3.63) is 12.7 Å². The van der Waals surface area contributed by atoms with Crippen molar-refractivity contribution in [1.82, 2.24) is 10.6 Å². The molecule has 2 N–H and O–H groups in total. The Bertz CT molecular complexity index is 313. The molecule has 2 unspecified atom stereocenters. The second-order valence-electron chi connectivity index (χ2n) is 4.89. The van der Waals surface area contributed by atoms with E-state index in [2.05, 4.69) is 22.2 Å². The summed E-state index contributed by atoms with van der Waals surface area (Å²) in [6.07, 6.45) is -0.375. The molecule has 1 rings (SSSR count). The van der Waals surface area contributed by atoms with Gasteiger partial charge in [0, 0.05) is 20.1 Å². The zero-order chi connectivity index (χ0) is 14.3. The van der Waals surface area contributed by atoms with Crippen LogP contribution in [-0.2, 0) is 0 Å². The lowest BCUT2D eigenvalue weighted by molar-refractivity contribution is -0.185. The predicted octanol–water partition coefficient (Wildman–Crippen LogP) is 2.71. The minimum atomic E-state index is -4.05. The zero-order valence-corrected chi connectivity index (χ0v) is 11.3. The molecule has 0 spiro atoms. The normalized spacial score (nSPS) is 24.9. The van der Waals surface area contributed by atoms with E-state index in [4.69, 9.17) is 0 Å². The van der Waals surface area contributed by atoms with Gasteiger partial charge in [0.15, 0.2) is 5.96 Å². The molecule has 110 valence electrons. The van der Waals surface area contributed by atoms with Crippen LogP contribution in [0.25, 0.3) is 0 Å². The number of guanidine groups is 1. The fourth-order valence-corrected chi connectivity index (χ4v) is 2.40. The molecular formula is C13H22F3N3. The van der Waals surface area contributed by atoms with Gasteiger partial charge in [0.2, 0.25) is 0 Å². The number of nitrogens with one attached hydrogen (secondary N) is 2. The fraction of sp³-hybridized carbons (Fsp3) is 0.769. The van der Waals surface area contributed by atoms with Crippen molar-refractivity contribution in [2.45, 2.75) is 31.9 Å². The van der Waals surface area contributed by atoms with E-state index >= 15 is 0 Å². The van der Waals surface area contributed by atoms with E-state index in [-0.39, 0.29) is 18.8 Å². The van der Waals surface area contributed by atoms with Gasteiger partial charge in [-0.15, -0.1) is 6.58 Å². The molecule has 0 aromatic carbocycles. The van der Waals surface area contributed by atoms with Crippen molar-refractivity contribution in [2.75, 3.05) is 20.1 Å². The molecule has 0 heterocycles. The van der Waals surface area contributed by atoms with Crippen LogP contribution in [0.3, 0.4) is 0 Å². The maximum Gasteiger partial charge on any atom is 0.391 e. The number of hydrogen-bond acceptors (Lipinski definition) is 1. The Hall–Kier alpha value is -1.20. The van der Waals surface area contributed by atoms with Crippen LogP contribution in [0.4, 0.5) is 13.2 Å². The molecule has 1 aliphatic carbocycles. The average molecular weight is 277 g/mol. The van der Waals surface area contributed by atoms with Crippen LogP contribution < -0.4 is 10.6 Å². The number of aliphatic imine (C=N–C) groups is 1. The Labute approximate surface area is 112 Å². The first-order chi connectivity index (χ1) is 8.97. The van der Waals surface area contributed by atoms with Gasteiger partial charge >= 0.3 is 6.18 Å². The Morgan fingerprint density at radius 3 is 2.68 bits per heavy atom. The van der Waals surface area contributed by atoms with E-state index in [9.17, 15) is 13.2 Å². The summed E-state index contributed by atoms with van der Waals surface area (Å²) in [5.74, 6) is -0.479. The van der Waals surface area contributed by atoms with E-state index in [1.165, 1.54) is 0 Å². The molecule has 0 aromatic rings. The van der Waals surface area contributed by atoms with Gasteiger partial charge < -0.3 is 10.6 Å². The van der Waals surface area contributed by atoms with Crippen LogP contribution >= 0.6 is 0 Å². The van der Waals surface area contributed by atoms with E-state index in [0.29, 0.717) is 25.5 Å². The molecule has 1 aliphatic rings. The summed E-state index contributed by atoms with van der Waals surface area (Å²) < 4.78 is 38.0. The van der Waals surface area contributed by atoms with Crippen molar-refractivity contribution in [2.24, 2.45) is 16.8 Å². The SMILES string of the molecule is C=CCNC(=NC)NCC1CCCC(C(F)(F)F)C1. The van der Waals surface area contributed by atoms with Gasteiger partial charge in [-0.2, -0.15) is 13.2 Å². The predicted molar refractivity (Wildman–Crippen MR) is 71.1 cm³/mol. The second kappa shape index (κ2) is 7.40. The Kier molecular flexibility index (Phi) is 6.18. The third-order valence-corrected chi connectivity index (χ3v) is 3.44. The van der Waals surface area contributed by atoms with Crippen LogP contribution in [0.1, 0.15) is 25.7 Å². The summed E-state index contributed by atoms with van der Waals surface area (Å²) in [6, 6.07) is 0. The van der Waals surface area contributed by atoms with Gasteiger partial charge in [0.25, 0.3) is 0 Å². The smallest absolute Gasteiger partial charge is 0.356 e. The molecular weight excluding hydrogens is 255 g/mol. The molecule has 0 aliphatic heterocycles. The molecule has 0 saturated heterocycles. The highest BCUT2D eigenvalue weighted by Crippen LogP contribution is 2.39. The first-order valence-electron chi connectivity index (χ1n) is 6.59. The van der Waals surface area contributed by atoms with Crippen molar-refractivity contribution in [3.63, 3.8) is 0 Å². The molecule has 1 fully saturated rings. The molecule has 0 aromatic heterocycles. The van der Waals surface area contributed by atoms with Gasteiger partial charge in [-0.25, -0.2) is 0 Å². The second-order valence-corrected chi connectivity index (χ2v) is 4.89. The van der Waals surface area contributed by atoms with Gasteiger partial charge in [0.1, 0.15) is 0 Å². The molecule has 0 radical (unpaired) electrons. The van der Waals surface area contributed by atoms with Crippen LogP contribution in [0.5, 0.6) is 0 Å². The Morgan fingerprint density at radius 2 is 2.11 bits per heavy atom. The van der Waals surface area contributed by atoms with Gasteiger partial charge in [0.05, 0.1) is 5.92 Å². The van der Waals surface area contributed by atoms with Gasteiger partial charge in [-0.3, -0.25) is 4.99 Å². The van der Waals surface area contributed by atoms with Crippen LogP contribution in [0, 0.1) is 11.8 Å². The third kappa shape index (κ3) is 5.53. The third-order valence-electron chi connectivity index (χ3n) is 3.44. The highest BCUT2D eigenvalue weighted by molar-refractivity contribution is 5.79. The maximum atomic E-state index is 12.7. The number of nitrogens with zero attached hydrogens (tertiary/aromatic N) is 1. The molecule has 0 bridgehead atoms. The van der Waals surface area contributed by atoms with E-state index < -0.39 is 12.1 Å². The topological polar surface area (TPSA) is 36.4 Å². The molecule has 0 amide bonds. The highest BCUT2D eigenvalue weighted by Gasteiger charge is 2.41. The summed E-state index contributed by atoms with van der Waals surface area (Å²) in [4.78, 5) is 4.00. The van der Waals surface area contributed by atoms with Crippen molar-refractivity contribution < 1.29 is 13.2 Å². The highest BCUT2D eigenvalue weighted by atomic mass is 19.4. The van der Waals surface area contributed by atoms with Crippen molar-refractivity contribution in [3.8, 4) is 0 Å². The first-order valence-corrected chi connectivity index (χ1v) is 6.59. The van der Waals surface area contributed by atoms with E-state index in [1.54, 1.807) is 13.1 Å². The van der Waals surface area contributed by atoms with Gasteiger partial charge in [-0.05, 0) is 25.2 Å². The molecule has 1 saturated carbocycles. The fourth-order valence-electron chi connectivity index (χ4n) is 2.40. The standard InChI is InChI=1S/C13H22F3N3/c1-3-7-18-12(17-2)19-9-10-5-4-6-11(8-10)13(14,15)16/h3,10-11H,1,4-9H2,2H3,(H2,17,18,19). The minimum absolute atomic E-state index is 0.0580. The monoisotopic (exact) mass is 277 g/mol. The van der Waals surface area contributed by atoms with E-state index in [0.717, 1.165) is 6.42 Å². The average Bonchev–Trinajstić information content (AvgIpc) is 2.38. The summed E-state index contributed by atoms with van der Waals surface area (Å²) in [6.45, 7) is 4.69. The molecule has 19 heavy (non-hydrogen) atoms. The number of alkyl halides is 3. The first kappa shape index (κ1) is 15.9.